The number of rotatable bonds is 1. The monoisotopic (exact) mass is 261 g/mol. The van der Waals surface area contributed by atoms with Crippen molar-refractivity contribution < 1.29 is 14.6 Å². The zero-order valence-electron chi connectivity index (χ0n) is 10.7. The fourth-order valence-corrected chi connectivity index (χ4v) is 2.18. The molecule has 19 heavy (non-hydrogen) atoms. The molecule has 100 valence electrons. The Bertz CT molecular complexity index is 563. The molecule has 1 aliphatic heterocycles. The van der Waals surface area contributed by atoms with Gasteiger partial charge >= 0.3 is 6.03 Å². The lowest BCUT2D eigenvalue weighted by Crippen LogP contribution is -2.54. The Morgan fingerprint density at radius 2 is 2.26 bits per heavy atom. The van der Waals surface area contributed by atoms with E-state index in [1.807, 2.05) is 6.07 Å². The summed E-state index contributed by atoms with van der Waals surface area (Å²) in [6.07, 6.45) is -0.971. The molecule has 0 spiro atoms. The molecule has 6 nitrogen and oxygen atoms in total. The molecule has 0 saturated carbocycles. The minimum Gasteiger partial charge on any atom is -0.485 e. The summed E-state index contributed by atoms with van der Waals surface area (Å²) in [7, 11) is 0. The van der Waals surface area contributed by atoms with Crippen LogP contribution in [-0.2, 0) is 0 Å². The number of hydrogen-bond acceptors (Lipinski definition) is 4. The van der Waals surface area contributed by atoms with E-state index < -0.39 is 23.8 Å². The third-order valence-corrected chi connectivity index (χ3v) is 3.17. The van der Waals surface area contributed by atoms with Crippen LogP contribution in [0.2, 0.25) is 0 Å². The molecule has 0 radical (unpaired) electrons. The Hall–Kier alpha value is -2.26. The molecular formula is C13H15N3O3. The maximum absolute atomic E-state index is 11.1. The predicted molar refractivity (Wildman–Crippen MR) is 67.3 cm³/mol. The molecule has 0 aromatic heterocycles. The molecule has 0 fully saturated rings. The molecule has 6 heteroatoms. The second-order valence-electron chi connectivity index (χ2n) is 5.00. The fourth-order valence-electron chi connectivity index (χ4n) is 2.18. The molecule has 1 unspecified atom stereocenters. The van der Waals surface area contributed by atoms with Gasteiger partial charge < -0.3 is 20.9 Å². The third-order valence-electron chi connectivity index (χ3n) is 3.17. The van der Waals surface area contributed by atoms with Crippen molar-refractivity contribution in [2.45, 2.75) is 31.6 Å². The zero-order valence-corrected chi connectivity index (χ0v) is 10.7. The van der Waals surface area contributed by atoms with Crippen LogP contribution in [0.1, 0.15) is 31.0 Å². The standard InChI is InChI=1S/C13H15N3O3/c1-13(2)11(17)10(16-12(15)18)8-5-7(6-14)3-4-9(8)19-13/h3-5,10-11,17H,1-2H3,(H3,15,16,18)/t10?,11-/m0/s1. The second-order valence-corrected chi connectivity index (χ2v) is 5.00. The lowest BCUT2D eigenvalue weighted by molar-refractivity contribution is -0.0619. The van der Waals surface area contributed by atoms with Gasteiger partial charge in [-0.25, -0.2) is 4.79 Å². The first kappa shape index (κ1) is 13.2. The molecule has 1 aromatic carbocycles. The topological polar surface area (TPSA) is 108 Å². The number of carbonyl (C=O) groups is 1. The van der Waals surface area contributed by atoms with Gasteiger partial charge in [0, 0.05) is 5.56 Å². The van der Waals surface area contributed by atoms with Crippen molar-refractivity contribution >= 4 is 6.03 Å². The van der Waals surface area contributed by atoms with Crippen LogP contribution in [0.15, 0.2) is 18.2 Å². The first-order valence-corrected chi connectivity index (χ1v) is 5.82. The van der Waals surface area contributed by atoms with E-state index in [0.29, 0.717) is 16.9 Å². The van der Waals surface area contributed by atoms with Crippen molar-refractivity contribution in [1.29, 1.82) is 5.26 Å². The predicted octanol–water partition coefficient (Wildman–Crippen LogP) is 0.800. The van der Waals surface area contributed by atoms with Crippen LogP contribution in [0.25, 0.3) is 0 Å². The largest absolute Gasteiger partial charge is 0.485 e. The maximum Gasteiger partial charge on any atom is 0.312 e. The number of urea groups is 1. The number of aliphatic hydroxyl groups excluding tert-OH is 1. The maximum atomic E-state index is 11.1. The fraction of sp³-hybridized carbons (Fsp3) is 0.385. The van der Waals surface area contributed by atoms with Crippen LogP contribution in [0.5, 0.6) is 5.75 Å². The van der Waals surface area contributed by atoms with Crippen LogP contribution < -0.4 is 15.8 Å². The number of carbonyl (C=O) groups excluding carboxylic acids is 1. The lowest BCUT2D eigenvalue weighted by Gasteiger charge is -2.42. The molecule has 1 heterocycles. The number of aliphatic hydroxyl groups is 1. The summed E-state index contributed by atoms with van der Waals surface area (Å²) < 4.78 is 5.69. The second kappa shape index (κ2) is 4.44. The number of hydrogen-bond donors (Lipinski definition) is 3. The lowest BCUT2D eigenvalue weighted by atomic mass is 9.86. The summed E-state index contributed by atoms with van der Waals surface area (Å²) in [6, 6.07) is 5.41. The number of nitrogens with one attached hydrogen (secondary N) is 1. The van der Waals surface area contributed by atoms with Gasteiger partial charge in [-0.3, -0.25) is 0 Å². The number of amides is 2. The SMILES string of the molecule is CC1(C)Oc2ccc(C#N)cc2C(NC(N)=O)[C@@H]1O. The smallest absolute Gasteiger partial charge is 0.312 e. The van der Waals surface area contributed by atoms with E-state index in [2.05, 4.69) is 5.32 Å². The highest BCUT2D eigenvalue weighted by molar-refractivity contribution is 5.72. The third kappa shape index (κ3) is 2.33. The average molecular weight is 261 g/mol. The van der Waals surface area contributed by atoms with Gasteiger partial charge in [-0.05, 0) is 32.0 Å². The van der Waals surface area contributed by atoms with E-state index in [9.17, 15) is 9.90 Å². The van der Waals surface area contributed by atoms with Gasteiger partial charge in [-0.1, -0.05) is 0 Å². The van der Waals surface area contributed by atoms with Crippen molar-refractivity contribution in [3.05, 3.63) is 29.3 Å². The van der Waals surface area contributed by atoms with Gasteiger partial charge in [0.25, 0.3) is 0 Å². The summed E-state index contributed by atoms with van der Waals surface area (Å²) in [4.78, 5) is 11.1. The number of nitriles is 1. The number of benzene rings is 1. The van der Waals surface area contributed by atoms with E-state index in [0.717, 1.165) is 0 Å². The van der Waals surface area contributed by atoms with Crippen molar-refractivity contribution in [3.8, 4) is 11.8 Å². The van der Waals surface area contributed by atoms with Gasteiger partial charge in [0.15, 0.2) is 0 Å². The quantitative estimate of drug-likeness (QED) is 0.694. The number of ether oxygens (including phenoxy) is 1. The molecule has 0 aliphatic carbocycles. The van der Waals surface area contributed by atoms with E-state index in [1.165, 1.54) is 0 Å². The molecule has 4 N–H and O–H groups in total. The van der Waals surface area contributed by atoms with Gasteiger partial charge in [0.05, 0.1) is 17.7 Å². The van der Waals surface area contributed by atoms with E-state index in [-0.39, 0.29) is 0 Å². The Balaban J connectivity index is 2.52. The Morgan fingerprint density at radius 3 is 2.84 bits per heavy atom. The van der Waals surface area contributed by atoms with Crippen LogP contribution in [0.3, 0.4) is 0 Å². The van der Waals surface area contributed by atoms with Crippen LogP contribution >= 0.6 is 0 Å². The molecule has 2 amide bonds. The molecule has 2 rings (SSSR count). The van der Waals surface area contributed by atoms with Crippen molar-refractivity contribution in [2.75, 3.05) is 0 Å². The minimum atomic E-state index is -0.971. The van der Waals surface area contributed by atoms with Crippen LogP contribution in [0.4, 0.5) is 4.79 Å². The van der Waals surface area contributed by atoms with Gasteiger partial charge in [0.2, 0.25) is 0 Å². The Labute approximate surface area is 110 Å². The molecule has 0 bridgehead atoms. The Morgan fingerprint density at radius 1 is 1.58 bits per heavy atom. The summed E-state index contributed by atoms with van der Waals surface area (Å²) >= 11 is 0. The Kier molecular flexibility index (Phi) is 3.08. The number of primary amides is 1. The summed E-state index contributed by atoms with van der Waals surface area (Å²) in [5.41, 5.74) is 5.24. The number of nitrogens with zero attached hydrogens (tertiary/aromatic N) is 1. The van der Waals surface area contributed by atoms with Crippen LogP contribution in [0, 0.1) is 11.3 Å². The molecule has 1 aromatic rings. The molecule has 2 atom stereocenters. The summed E-state index contributed by atoms with van der Waals surface area (Å²) in [5.74, 6) is 0.521. The van der Waals surface area contributed by atoms with E-state index >= 15 is 0 Å². The molecule has 1 aliphatic rings. The summed E-state index contributed by atoms with van der Waals surface area (Å²) in [5, 5.41) is 21.7. The van der Waals surface area contributed by atoms with E-state index in [4.69, 9.17) is 15.7 Å². The van der Waals surface area contributed by atoms with Crippen LogP contribution in [-0.4, -0.2) is 22.8 Å². The minimum absolute atomic E-state index is 0.422. The van der Waals surface area contributed by atoms with Gasteiger partial charge in [-0.2, -0.15) is 5.26 Å². The normalized spacial score (nSPS) is 23.7. The number of fused-ring (bicyclic) bond motifs is 1. The average Bonchev–Trinajstić information content (AvgIpc) is 2.34. The van der Waals surface area contributed by atoms with Gasteiger partial charge in [-0.15, -0.1) is 0 Å². The first-order chi connectivity index (χ1) is 8.85. The van der Waals surface area contributed by atoms with Crippen molar-refractivity contribution in [3.63, 3.8) is 0 Å². The van der Waals surface area contributed by atoms with Crippen molar-refractivity contribution in [2.24, 2.45) is 5.73 Å². The zero-order chi connectivity index (χ0) is 14.2. The van der Waals surface area contributed by atoms with Crippen molar-refractivity contribution in [1.82, 2.24) is 5.32 Å². The first-order valence-electron chi connectivity index (χ1n) is 5.82. The highest BCUT2D eigenvalue weighted by atomic mass is 16.5. The number of nitrogens with two attached hydrogens (primary N) is 1. The molecule has 0 saturated heterocycles. The summed E-state index contributed by atoms with van der Waals surface area (Å²) in [6.45, 7) is 3.43. The van der Waals surface area contributed by atoms with Gasteiger partial charge in [0.1, 0.15) is 17.5 Å². The van der Waals surface area contributed by atoms with E-state index in [1.54, 1.807) is 32.0 Å². The highest BCUT2D eigenvalue weighted by Crippen LogP contribution is 2.40. The highest BCUT2D eigenvalue weighted by Gasteiger charge is 2.43. The molecular weight excluding hydrogens is 246 g/mol.